The lowest BCUT2D eigenvalue weighted by Gasteiger charge is -2.18. The minimum atomic E-state index is -0.346. The maximum Gasteiger partial charge on any atom is 0.240 e. The van der Waals surface area contributed by atoms with Crippen molar-refractivity contribution in [2.45, 2.75) is 19.1 Å². The fourth-order valence-corrected chi connectivity index (χ4v) is 3.57. The van der Waals surface area contributed by atoms with E-state index in [1.165, 1.54) is 4.90 Å². The van der Waals surface area contributed by atoms with Crippen LogP contribution in [0.2, 0.25) is 0 Å². The number of benzene rings is 1. The second-order valence-electron chi connectivity index (χ2n) is 5.45. The van der Waals surface area contributed by atoms with Gasteiger partial charge in [0.2, 0.25) is 11.8 Å². The number of hydrogen-bond acceptors (Lipinski definition) is 3. The van der Waals surface area contributed by atoms with Gasteiger partial charge in [-0.1, -0.05) is 28.1 Å². The van der Waals surface area contributed by atoms with Gasteiger partial charge in [-0.15, -0.1) is 0 Å². The van der Waals surface area contributed by atoms with Crippen LogP contribution in [-0.4, -0.2) is 24.0 Å². The molecule has 2 amide bonds. The minimum Gasteiger partial charge on any atom is -0.365 e. The summed E-state index contributed by atoms with van der Waals surface area (Å²) in [5, 5.41) is 0. The van der Waals surface area contributed by atoms with E-state index in [1.54, 1.807) is 6.07 Å². The SMILES string of the molecule is Cc1cc(N2C(=O)[C@@H]3C4C=CC(O4)[C@@H]3C2=O)ccc1Br. The molecule has 0 aromatic heterocycles. The van der Waals surface area contributed by atoms with Crippen molar-refractivity contribution >= 4 is 33.4 Å². The number of hydrogen-bond donors (Lipinski definition) is 0. The van der Waals surface area contributed by atoms with Gasteiger partial charge in [-0.2, -0.15) is 0 Å². The minimum absolute atomic E-state index is 0.140. The van der Waals surface area contributed by atoms with Crippen LogP contribution >= 0.6 is 15.9 Å². The molecule has 0 saturated carbocycles. The highest BCUT2D eigenvalue weighted by molar-refractivity contribution is 9.10. The van der Waals surface area contributed by atoms with E-state index in [0.29, 0.717) is 5.69 Å². The fourth-order valence-electron chi connectivity index (χ4n) is 3.33. The molecule has 1 aromatic rings. The molecule has 3 aliphatic rings. The summed E-state index contributed by atoms with van der Waals surface area (Å²) >= 11 is 3.43. The highest BCUT2D eigenvalue weighted by Crippen LogP contribution is 2.46. The number of nitrogens with zero attached hydrogens (tertiary/aromatic N) is 1. The van der Waals surface area contributed by atoms with Crippen molar-refractivity contribution in [1.82, 2.24) is 0 Å². The zero-order valence-electron chi connectivity index (χ0n) is 10.7. The molecular formula is C15H12BrNO3. The molecule has 3 aliphatic heterocycles. The summed E-state index contributed by atoms with van der Waals surface area (Å²) in [7, 11) is 0. The van der Waals surface area contributed by atoms with Crippen LogP contribution in [0.3, 0.4) is 0 Å². The van der Waals surface area contributed by atoms with E-state index < -0.39 is 0 Å². The molecule has 4 nitrogen and oxygen atoms in total. The molecule has 2 unspecified atom stereocenters. The van der Waals surface area contributed by atoms with Gasteiger partial charge in [0, 0.05) is 4.47 Å². The maximum absolute atomic E-state index is 12.6. The molecule has 0 radical (unpaired) electrons. The molecule has 5 heteroatoms. The normalized spacial score (nSPS) is 34.2. The summed E-state index contributed by atoms with van der Waals surface area (Å²) in [4.78, 5) is 26.5. The molecule has 4 rings (SSSR count). The number of aryl methyl sites for hydroxylation is 1. The first-order valence-electron chi connectivity index (χ1n) is 6.55. The van der Waals surface area contributed by atoms with Gasteiger partial charge in [0.25, 0.3) is 0 Å². The summed E-state index contributed by atoms with van der Waals surface area (Å²) < 4.78 is 6.58. The lowest BCUT2D eigenvalue weighted by atomic mass is 9.85. The summed E-state index contributed by atoms with van der Waals surface area (Å²) in [5.74, 6) is -0.972. The average Bonchev–Trinajstić information content (AvgIpc) is 3.08. The Morgan fingerprint density at radius 3 is 2.25 bits per heavy atom. The monoisotopic (exact) mass is 333 g/mol. The molecule has 1 aromatic carbocycles. The molecule has 4 atom stereocenters. The van der Waals surface area contributed by atoms with Crippen LogP contribution in [0.4, 0.5) is 5.69 Å². The van der Waals surface area contributed by atoms with Crippen LogP contribution in [0.1, 0.15) is 5.56 Å². The Morgan fingerprint density at radius 2 is 1.70 bits per heavy atom. The summed E-state index contributed by atoms with van der Waals surface area (Å²) in [6, 6.07) is 5.52. The second-order valence-corrected chi connectivity index (χ2v) is 6.30. The van der Waals surface area contributed by atoms with Crippen LogP contribution in [0.5, 0.6) is 0 Å². The predicted molar refractivity (Wildman–Crippen MR) is 76.2 cm³/mol. The van der Waals surface area contributed by atoms with Crippen molar-refractivity contribution in [3.8, 4) is 0 Å². The third-order valence-electron chi connectivity index (χ3n) is 4.31. The van der Waals surface area contributed by atoms with Crippen molar-refractivity contribution in [3.63, 3.8) is 0 Å². The summed E-state index contributed by atoms with van der Waals surface area (Å²) in [6.07, 6.45) is 3.33. The molecule has 2 bridgehead atoms. The largest absolute Gasteiger partial charge is 0.365 e. The quantitative estimate of drug-likeness (QED) is 0.584. The lowest BCUT2D eigenvalue weighted by Crippen LogP contribution is -2.34. The molecular weight excluding hydrogens is 322 g/mol. The smallest absolute Gasteiger partial charge is 0.240 e. The first-order chi connectivity index (χ1) is 9.58. The van der Waals surface area contributed by atoms with E-state index in [-0.39, 0.29) is 35.9 Å². The van der Waals surface area contributed by atoms with Gasteiger partial charge in [-0.3, -0.25) is 9.59 Å². The number of halogens is 1. The predicted octanol–water partition coefficient (Wildman–Crippen LogP) is 2.20. The molecule has 3 heterocycles. The number of anilines is 1. The maximum atomic E-state index is 12.6. The lowest BCUT2D eigenvalue weighted by molar-refractivity contribution is -0.124. The van der Waals surface area contributed by atoms with Crippen LogP contribution in [0.15, 0.2) is 34.8 Å². The summed E-state index contributed by atoms with van der Waals surface area (Å²) in [6.45, 7) is 1.94. The van der Waals surface area contributed by atoms with E-state index in [1.807, 2.05) is 31.2 Å². The Bertz CT molecular complexity index is 639. The number of imide groups is 1. The molecule has 20 heavy (non-hydrogen) atoms. The number of amides is 2. The molecule has 0 N–H and O–H groups in total. The zero-order valence-corrected chi connectivity index (χ0v) is 12.3. The molecule has 102 valence electrons. The van der Waals surface area contributed by atoms with Gasteiger partial charge in [0.1, 0.15) is 0 Å². The Labute approximate surface area is 124 Å². The van der Waals surface area contributed by atoms with Gasteiger partial charge >= 0.3 is 0 Å². The summed E-state index contributed by atoms with van der Waals surface area (Å²) in [5.41, 5.74) is 1.65. The van der Waals surface area contributed by atoms with Crippen molar-refractivity contribution < 1.29 is 14.3 Å². The molecule has 0 spiro atoms. The Balaban J connectivity index is 1.76. The van der Waals surface area contributed by atoms with E-state index >= 15 is 0 Å². The van der Waals surface area contributed by atoms with Gasteiger partial charge in [0.15, 0.2) is 0 Å². The van der Waals surface area contributed by atoms with Gasteiger partial charge in [-0.05, 0) is 30.7 Å². The van der Waals surface area contributed by atoms with Gasteiger partial charge < -0.3 is 4.74 Å². The molecule has 0 aliphatic carbocycles. The molecule has 2 saturated heterocycles. The number of carbonyl (C=O) groups is 2. The third-order valence-corrected chi connectivity index (χ3v) is 5.20. The topological polar surface area (TPSA) is 46.6 Å². The number of carbonyl (C=O) groups excluding carboxylic acids is 2. The van der Waals surface area contributed by atoms with Crippen LogP contribution in [0.25, 0.3) is 0 Å². The van der Waals surface area contributed by atoms with Crippen LogP contribution in [-0.2, 0) is 14.3 Å². The Hall–Kier alpha value is -1.46. The van der Waals surface area contributed by atoms with Crippen molar-refractivity contribution in [1.29, 1.82) is 0 Å². The van der Waals surface area contributed by atoms with Gasteiger partial charge in [0.05, 0.1) is 29.7 Å². The molecule has 2 fully saturated rings. The van der Waals surface area contributed by atoms with Crippen LogP contribution in [0, 0.1) is 18.8 Å². The van der Waals surface area contributed by atoms with E-state index in [2.05, 4.69) is 15.9 Å². The first kappa shape index (κ1) is 12.3. The van der Waals surface area contributed by atoms with Crippen molar-refractivity contribution in [2.75, 3.05) is 4.90 Å². The van der Waals surface area contributed by atoms with E-state index in [4.69, 9.17) is 4.74 Å². The second kappa shape index (κ2) is 4.02. The number of rotatable bonds is 1. The van der Waals surface area contributed by atoms with Gasteiger partial charge in [-0.25, -0.2) is 4.90 Å². The number of ether oxygens (including phenoxy) is 1. The Morgan fingerprint density at radius 1 is 1.10 bits per heavy atom. The van der Waals surface area contributed by atoms with Crippen molar-refractivity contribution in [3.05, 3.63) is 40.4 Å². The first-order valence-corrected chi connectivity index (χ1v) is 7.35. The highest BCUT2D eigenvalue weighted by atomic mass is 79.9. The fraction of sp³-hybridized carbons (Fsp3) is 0.333. The van der Waals surface area contributed by atoms with E-state index in [0.717, 1.165) is 10.0 Å². The third kappa shape index (κ3) is 1.45. The number of fused-ring (bicyclic) bond motifs is 5. The van der Waals surface area contributed by atoms with E-state index in [9.17, 15) is 9.59 Å². The van der Waals surface area contributed by atoms with Crippen LogP contribution < -0.4 is 4.90 Å². The zero-order chi connectivity index (χ0) is 14.0. The average molecular weight is 334 g/mol. The highest BCUT2D eigenvalue weighted by Gasteiger charge is 2.60. The standard InChI is InChI=1S/C15H12BrNO3/c1-7-6-8(2-3-9(7)16)17-14(18)12-10-4-5-11(20-10)13(12)15(17)19/h2-6,10-13H,1H3/t10?,11?,12-,13+. The van der Waals surface area contributed by atoms with Crippen molar-refractivity contribution in [2.24, 2.45) is 11.8 Å². The Kier molecular flexibility index (Phi) is 2.47.